The zero-order chi connectivity index (χ0) is 18.8. The van der Waals surface area contributed by atoms with Crippen molar-refractivity contribution in [3.63, 3.8) is 0 Å². The third kappa shape index (κ3) is 4.24. The van der Waals surface area contributed by atoms with E-state index in [9.17, 15) is 22.9 Å². The summed E-state index contributed by atoms with van der Waals surface area (Å²) in [4.78, 5) is 9.87. The maximum absolute atomic E-state index is 13.5. The van der Waals surface area contributed by atoms with Crippen LogP contribution in [0.3, 0.4) is 0 Å². The number of anilines is 1. The van der Waals surface area contributed by atoms with Crippen molar-refractivity contribution in [3.8, 4) is 5.75 Å². The predicted octanol–water partition coefficient (Wildman–Crippen LogP) is 3.32. The van der Waals surface area contributed by atoms with Crippen molar-refractivity contribution in [2.45, 2.75) is 17.9 Å². The first-order valence-corrected chi connectivity index (χ1v) is 9.11. The highest BCUT2D eigenvalue weighted by Gasteiger charge is 2.23. The lowest BCUT2D eigenvalue weighted by Crippen LogP contribution is -2.10. The van der Waals surface area contributed by atoms with Gasteiger partial charge in [0.1, 0.15) is 16.5 Å². The molecule has 0 aliphatic rings. The second-order valence-corrected chi connectivity index (χ2v) is 7.45. The smallest absolute Gasteiger partial charge is 0.288 e. The number of hydrogen-bond donors (Lipinski definition) is 1. The largest absolute Gasteiger partial charge is 0.496 e. The molecule has 0 amide bonds. The van der Waals surface area contributed by atoms with Gasteiger partial charge in [-0.25, -0.2) is 12.8 Å². The van der Waals surface area contributed by atoms with E-state index in [-0.39, 0.29) is 4.90 Å². The van der Waals surface area contributed by atoms with Crippen LogP contribution >= 0.6 is 0 Å². The molecule has 0 saturated heterocycles. The summed E-state index contributed by atoms with van der Waals surface area (Å²) in [5, 5.41) is 14.0. The molecule has 0 saturated carbocycles. The van der Waals surface area contributed by atoms with Gasteiger partial charge < -0.3 is 10.1 Å². The third-order valence-corrected chi connectivity index (χ3v) is 4.72. The number of sulfone groups is 1. The number of halogens is 1. The molecule has 2 aromatic rings. The fourth-order valence-corrected chi connectivity index (χ4v) is 3.29. The molecule has 0 fully saturated rings. The predicted molar refractivity (Wildman–Crippen MR) is 91.2 cm³/mol. The molecule has 0 aliphatic carbocycles. The van der Waals surface area contributed by atoms with Gasteiger partial charge in [-0.05, 0) is 37.3 Å². The molecule has 0 radical (unpaired) electrons. The summed E-state index contributed by atoms with van der Waals surface area (Å²) in [6.45, 7) is 1.73. The van der Waals surface area contributed by atoms with Crippen LogP contribution in [0.1, 0.15) is 18.5 Å². The number of hydrogen-bond acceptors (Lipinski definition) is 6. The lowest BCUT2D eigenvalue weighted by molar-refractivity contribution is -0.387. The zero-order valence-corrected chi connectivity index (χ0v) is 14.6. The van der Waals surface area contributed by atoms with Crippen LogP contribution in [-0.2, 0) is 9.84 Å². The molecule has 2 rings (SSSR count). The van der Waals surface area contributed by atoms with Crippen LogP contribution in [0.15, 0.2) is 41.3 Å². The van der Waals surface area contributed by atoms with Crippen molar-refractivity contribution in [2.75, 3.05) is 18.7 Å². The highest BCUT2D eigenvalue weighted by molar-refractivity contribution is 7.90. The summed E-state index contributed by atoms with van der Waals surface area (Å²) in [6, 6.07) is 7.33. The molecule has 1 N–H and O–H groups in total. The number of nitrogens with zero attached hydrogens (tertiary/aromatic N) is 1. The second kappa shape index (κ2) is 7.06. The van der Waals surface area contributed by atoms with Crippen LogP contribution < -0.4 is 10.1 Å². The van der Waals surface area contributed by atoms with Crippen LogP contribution in [0.4, 0.5) is 15.8 Å². The van der Waals surface area contributed by atoms with Crippen molar-refractivity contribution in [1.82, 2.24) is 0 Å². The third-order valence-electron chi connectivity index (χ3n) is 3.60. The topological polar surface area (TPSA) is 98.5 Å². The Kier molecular flexibility index (Phi) is 5.27. The second-order valence-electron chi connectivity index (χ2n) is 5.46. The Morgan fingerprint density at radius 1 is 1.24 bits per heavy atom. The quantitative estimate of drug-likeness (QED) is 0.620. The van der Waals surface area contributed by atoms with Crippen molar-refractivity contribution >= 4 is 21.2 Å². The van der Waals surface area contributed by atoms with Gasteiger partial charge in [0.25, 0.3) is 5.69 Å². The van der Waals surface area contributed by atoms with Gasteiger partial charge in [0, 0.05) is 23.6 Å². The minimum absolute atomic E-state index is 0.352. The number of rotatable bonds is 6. The molecule has 0 spiro atoms. The Bertz CT molecular complexity index is 915. The molecule has 134 valence electrons. The Labute approximate surface area is 144 Å². The molecule has 0 aromatic heterocycles. The Balaban J connectivity index is 2.41. The van der Waals surface area contributed by atoms with Crippen LogP contribution in [0.25, 0.3) is 0 Å². The van der Waals surface area contributed by atoms with E-state index in [1.807, 2.05) is 0 Å². The summed E-state index contributed by atoms with van der Waals surface area (Å²) in [5.74, 6) is 0.0247. The molecular weight excluding hydrogens is 351 g/mol. The number of ether oxygens (including phenoxy) is 1. The minimum Gasteiger partial charge on any atom is -0.496 e. The Morgan fingerprint density at radius 2 is 1.92 bits per heavy atom. The van der Waals surface area contributed by atoms with Crippen molar-refractivity contribution in [2.24, 2.45) is 0 Å². The maximum Gasteiger partial charge on any atom is 0.288 e. The first kappa shape index (κ1) is 18.7. The zero-order valence-electron chi connectivity index (χ0n) is 13.8. The molecule has 0 bridgehead atoms. The molecular formula is C16H17FN2O5S. The number of benzene rings is 2. The van der Waals surface area contributed by atoms with Gasteiger partial charge in [-0.2, -0.15) is 0 Å². The molecule has 9 heteroatoms. The lowest BCUT2D eigenvalue weighted by Gasteiger charge is -2.19. The normalized spacial score (nSPS) is 12.5. The van der Waals surface area contributed by atoms with Crippen LogP contribution in [0.2, 0.25) is 0 Å². The molecule has 1 atom stereocenters. The molecule has 1 unspecified atom stereocenters. The molecule has 0 heterocycles. The summed E-state index contributed by atoms with van der Waals surface area (Å²) in [5.41, 5.74) is 0.385. The summed E-state index contributed by atoms with van der Waals surface area (Å²) in [7, 11) is -2.33. The number of methoxy groups -OCH3 is 1. The molecule has 25 heavy (non-hydrogen) atoms. The molecule has 7 nitrogen and oxygen atoms in total. The lowest BCUT2D eigenvalue weighted by atomic mass is 10.1. The highest BCUT2D eigenvalue weighted by atomic mass is 32.2. The van der Waals surface area contributed by atoms with Crippen molar-refractivity contribution in [1.29, 1.82) is 0 Å². The van der Waals surface area contributed by atoms with Crippen molar-refractivity contribution in [3.05, 3.63) is 57.9 Å². The first-order valence-electron chi connectivity index (χ1n) is 7.22. The van der Waals surface area contributed by atoms with Crippen LogP contribution in [0, 0.1) is 15.9 Å². The fourth-order valence-electron chi connectivity index (χ4n) is 2.42. The number of nitro benzene ring substituents is 1. The van der Waals surface area contributed by atoms with Crippen LogP contribution in [0.5, 0.6) is 5.75 Å². The summed E-state index contributed by atoms with van der Waals surface area (Å²) >= 11 is 0. The van der Waals surface area contributed by atoms with Gasteiger partial charge in [-0.15, -0.1) is 0 Å². The first-order chi connectivity index (χ1) is 11.6. The van der Waals surface area contributed by atoms with Gasteiger partial charge in [-0.1, -0.05) is 0 Å². The van der Waals surface area contributed by atoms with E-state index in [4.69, 9.17) is 4.74 Å². The fraction of sp³-hybridized carbons (Fsp3) is 0.250. The van der Waals surface area contributed by atoms with E-state index < -0.39 is 32.3 Å². The standard InChI is InChI=1S/C16H17FN2O5S/c1-10(13-8-11(17)4-7-15(13)24-2)18-12-5-6-14(19(20)21)16(9-12)25(3,22)23/h4-10,18H,1-3H3. The minimum atomic E-state index is -3.79. The Morgan fingerprint density at radius 3 is 2.48 bits per heavy atom. The monoisotopic (exact) mass is 368 g/mol. The van der Waals surface area contributed by atoms with Gasteiger partial charge in [0.05, 0.1) is 18.1 Å². The van der Waals surface area contributed by atoms with E-state index in [0.29, 0.717) is 17.0 Å². The highest BCUT2D eigenvalue weighted by Crippen LogP contribution is 2.31. The van der Waals surface area contributed by atoms with E-state index in [2.05, 4.69) is 5.32 Å². The van der Waals surface area contributed by atoms with Gasteiger partial charge in [-0.3, -0.25) is 10.1 Å². The van der Waals surface area contributed by atoms with Crippen molar-refractivity contribution < 1.29 is 22.5 Å². The number of nitro groups is 1. The molecule has 0 aliphatic heterocycles. The average molecular weight is 368 g/mol. The summed E-state index contributed by atoms with van der Waals surface area (Å²) < 4.78 is 42.3. The van der Waals surface area contributed by atoms with E-state index in [1.54, 1.807) is 6.92 Å². The number of nitrogens with one attached hydrogen (secondary N) is 1. The van der Waals surface area contributed by atoms with Gasteiger partial charge in [0.15, 0.2) is 9.84 Å². The van der Waals surface area contributed by atoms with Crippen LogP contribution in [-0.4, -0.2) is 26.7 Å². The Hall–Kier alpha value is -2.68. The van der Waals surface area contributed by atoms with E-state index in [1.165, 1.54) is 37.4 Å². The van der Waals surface area contributed by atoms with E-state index >= 15 is 0 Å². The van der Waals surface area contributed by atoms with Gasteiger partial charge in [0.2, 0.25) is 0 Å². The summed E-state index contributed by atoms with van der Waals surface area (Å²) in [6.07, 6.45) is 0.901. The average Bonchev–Trinajstić information content (AvgIpc) is 2.53. The van der Waals surface area contributed by atoms with E-state index in [0.717, 1.165) is 12.3 Å². The molecule has 2 aromatic carbocycles. The SMILES string of the molecule is COc1ccc(F)cc1C(C)Nc1ccc([N+](=O)[O-])c(S(C)(=O)=O)c1. The maximum atomic E-state index is 13.5. The van der Waals surface area contributed by atoms with Gasteiger partial charge >= 0.3 is 0 Å².